The van der Waals surface area contributed by atoms with Gasteiger partial charge in [0.1, 0.15) is 17.4 Å². The van der Waals surface area contributed by atoms with Gasteiger partial charge in [-0.15, -0.1) is 0 Å². The number of halogens is 2. The van der Waals surface area contributed by atoms with E-state index in [1.54, 1.807) is 42.2 Å². The van der Waals surface area contributed by atoms with E-state index in [0.29, 0.717) is 40.9 Å². The molecule has 1 aliphatic carbocycles. The van der Waals surface area contributed by atoms with Gasteiger partial charge in [0, 0.05) is 29.7 Å². The molecule has 0 bridgehead atoms. The molecule has 1 amide bonds. The minimum Gasteiger partial charge on any atom is -0.493 e. The second-order valence-electron chi connectivity index (χ2n) is 8.80. The lowest BCUT2D eigenvalue weighted by molar-refractivity contribution is -0.131. The van der Waals surface area contributed by atoms with E-state index in [4.69, 9.17) is 0 Å². The molecule has 0 saturated heterocycles. The van der Waals surface area contributed by atoms with E-state index in [0.717, 1.165) is 0 Å². The van der Waals surface area contributed by atoms with Crippen molar-refractivity contribution in [2.24, 2.45) is 5.92 Å². The van der Waals surface area contributed by atoms with Gasteiger partial charge in [0.2, 0.25) is 5.88 Å². The summed E-state index contributed by atoms with van der Waals surface area (Å²) < 4.78 is 28.9. The zero-order valence-corrected chi connectivity index (χ0v) is 19.0. The third-order valence-corrected chi connectivity index (χ3v) is 6.75. The van der Waals surface area contributed by atoms with Crippen LogP contribution in [0.5, 0.6) is 5.88 Å². The Morgan fingerprint density at radius 3 is 2.63 bits per heavy atom. The molecule has 5 rings (SSSR count). The van der Waals surface area contributed by atoms with Crippen LogP contribution in [0, 0.1) is 17.6 Å². The van der Waals surface area contributed by atoms with Crippen LogP contribution in [0.2, 0.25) is 0 Å². The number of rotatable bonds is 5. The Balaban J connectivity index is 1.57. The number of nitrogens with zero attached hydrogens (tertiary/aromatic N) is 2. The predicted octanol–water partition coefficient (Wildman–Crippen LogP) is 4.65. The first kappa shape index (κ1) is 22.7. The predicted molar refractivity (Wildman–Crippen MR) is 126 cm³/mol. The van der Waals surface area contributed by atoms with Gasteiger partial charge in [-0.2, -0.15) is 0 Å². The molecule has 2 N–H and O–H groups in total. The van der Waals surface area contributed by atoms with Crippen molar-refractivity contribution < 1.29 is 23.5 Å². The Morgan fingerprint density at radius 2 is 1.97 bits per heavy atom. The number of allylic oxidation sites excluding steroid dienone is 1. The molecule has 6 nitrogen and oxygen atoms in total. The van der Waals surface area contributed by atoms with Crippen LogP contribution < -0.4 is 10.2 Å². The molecule has 0 radical (unpaired) electrons. The monoisotopic (exact) mass is 475 g/mol. The number of aromatic hydroxyl groups is 1. The molecule has 2 atom stereocenters. The third-order valence-electron chi connectivity index (χ3n) is 6.75. The normalized spacial score (nSPS) is 18.1. The van der Waals surface area contributed by atoms with Crippen LogP contribution in [0.15, 0.2) is 66.5 Å². The Hall–Kier alpha value is -4.07. The van der Waals surface area contributed by atoms with Crippen molar-refractivity contribution in [3.63, 3.8) is 0 Å². The lowest BCUT2D eigenvalue weighted by Crippen LogP contribution is -2.42. The second kappa shape index (κ2) is 8.94. The molecular weight excluding hydrogens is 452 g/mol. The highest BCUT2D eigenvalue weighted by atomic mass is 19.1. The number of carbonyl (C=O) groups excluding carboxylic acids is 2. The number of nitrogens with one attached hydrogen (secondary N) is 1. The number of pyridine rings is 1. The maximum Gasteiger partial charge on any atom is 0.254 e. The standard InChI is InChI=1S/C27H23F2N3O3/c1-15-25(27(35)31-26(20-9-10-23(20)33)16-4-2-5-17(28)12-16)19-6-3-7-22(29)21(19)14-32(15)18-8-11-24(34)30-13-18/h2-8,11-13,20,26H,9-10,14H2,1H3,(H,30,34)(H,31,35)/t20?,26-/m1/s1. The topological polar surface area (TPSA) is 82.5 Å². The lowest BCUT2D eigenvalue weighted by atomic mass is 9.75. The van der Waals surface area contributed by atoms with Crippen molar-refractivity contribution >= 4 is 23.0 Å². The number of hydrogen-bond donors (Lipinski definition) is 2. The number of fused-ring (bicyclic) bond motifs is 1. The first-order chi connectivity index (χ1) is 16.8. The van der Waals surface area contributed by atoms with Gasteiger partial charge in [-0.25, -0.2) is 13.8 Å². The smallest absolute Gasteiger partial charge is 0.254 e. The van der Waals surface area contributed by atoms with Crippen LogP contribution >= 0.6 is 0 Å². The van der Waals surface area contributed by atoms with Crippen LogP contribution in [0.4, 0.5) is 14.5 Å². The molecule has 178 valence electrons. The van der Waals surface area contributed by atoms with E-state index in [2.05, 4.69) is 10.3 Å². The summed E-state index contributed by atoms with van der Waals surface area (Å²) in [6, 6.07) is 12.8. The number of carbonyl (C=O) groups is 2. The van der Waals surface area contributed by atoms with Crippen LogP contribution in [0.1, 0.15) is 42.5 Å². The van der Waals surface area contributed by atoms with Gasteiger partial charge in [0.15, 0.2) is 0 Å². The number of Topliss-reactive ketones (excluding diaryl/α,β-unsaturated/α-hetero) is 1. The molecule has 8 heteroatoms. The van der Waals surface area contributed by atoms with Gasteiger partial charge in [-0.05, 0) is 48.7 Å². The van der Waals surface area contributed by atoms with Crippen LogP contribution in [-0.4, -0.2) is 21.8 Å². The quantitative estimate of drug-likeness (QED) is 0.561. The maximum atomic E-state index is 14.9. The molecule has 35 heavy (non-hydrogen) atoms. The summed E-state index contributed by atoms with van der Waals surface area (Å²) >= 11 is 0. The van der Waals surface area contributed by atoms with Gasteiger partial charge in [0.05, 0.1) is 30.0 Å². The molecule has 1 aliphatic heterocycles. The van der Waals surface area contributed by atoms with E-state index in [1.807, 2.05) is 0 Å². The van der Waals surface area contributed by atoms with E-state index < -0.39 is 29.5 Å². The van der Waals surface area contributed by atoms with Crippen molar-refractivity contribution in [3.05, 3.63) is 94.8 Å². The lowest BCUT2D eigenvalue weighted by Gasteiger charge is -2.36. The van der Waals surface area contributed by atoms with Gasteiger partial charge >= 0.3 is 0 Å². The average Bonchev–Trinajstić information content (AvgIpc) is 2.83. The minimum atomic E-state index is -0.706. The Bertz CT molecular complexity index is 1350. The number of aromatic nitrogens is 1. The second-order valence-corrected chi connectivity index (χ2v) is 8.80. The van der Waals surface area contributed by atoms with Crippen molar-refractivity contribution in [3.8, 4) is 5.88 Å². The fourth-order valence-corrected chi connectivity index (χ4v) is 4.78. The number of anilines is 1. The van der Waals surface area contributed by atoms with Gasteiger partial charge < -0.3 is 15.3 Å². The number of ketones is 1. The summed E-state index contributed by atoms with van der Waals surface area (Å²) in [5, 5.41) is 12.5. The van der Waals surface area contributed by atoms with E-state index in [1.165, 1.54) is 30.5 Å². The minimum absolute atomic E-state index is 0.0112. The first-order valence-electron chi connectivity index (χ1n) is 11.3. The van der Waals surface area contributed by atoms with E-state index in [9.17, 15) is 23.5 Å². The fraction of sp³-hybridized carbons (Fsp3) is 0.222. The van der Waals surface area contributed by atoms with Crippen molar-refractivity contribution in [1.29, 1.82) is 0 Å². The summed E-state index contributed by atoms with van der Waals surface area (Å²) in [6.45, 7) is 1.92. The van der Waals surface area contributed by atoms with Crippen molar-refractivity contribution in [2.45, 2.75) is 32.4 Å². The molecule has 1 unspecified atom stereocenters. The zero-order valence-electron chi connectivity index (χ0n) is 19.0. The van der Waals surface area contributed by atoms with Crippen LogP contribution in [-0.2, 0) is 16.1 Å². The molecule has 2 aliphatic rings. The molecule has 1 aromatic heterocycles. The largest absolute Gasteiger partial charge is 0.493 e. The highest BCUT2D eigenvalue weighted by Gasteiger charge is 2.39. The first-order valence-corrected chi connectivity index (χ1v) is 11.3. The highest BCUT2D eigenvalue weighted by Crippen LogP contribution is 2.39. The molecule has 2 heterocycles. The van der Waals surface area contributed by atoms with E-state index in [-0.39, 0.29) is 23.8 Å². The van der Waals surface area contributed by atoms with Crippen molar-refractivity contribution in [2.75, 3.05) is 4.90 Å². The van der Waals surface area contributed by atoms with Crippen molar-refractivity contribution in [1.82, 2.24) is 10.3 Å². The molecule has 3 aromatic rings. The summed E-state index contributed by atoms with van der Waals surface area (Å²) in [5.41, 5.74) is 2.71. The molecule has 0 spiro atoms. The Morgan fingerprint density at radius 1 is 1.17 bits per heavy atom. The molecule has 1 fully saturated rings. The summed E-state index contributed by atoms with van der Waals surface area (Å²) in [7, 11) is 0. The molecule has 2 aromatic carbocycles. The molecule has 1 saturated carbocycles. The Labute approximate surface area is 200 Å². The zero-order chi connectivity index (χ0) is 24.7. The number of amides is 1. The van der Waals surface area contributed by atoms with Gasteiger partial charge in [-0.3, -0.25) is 9.59 Å². The summed E-state index contributed by atoms with van der Waals surface area (Å²) in [6.07, 6.45) is 2.46. The Kier molecular flexibility index (Phi) is 5.80. The van der Waals surface area contributed by atoms with E-state index >= 15 is 0 Å². The van der Waals surface area contributed by atoms with Gasteiger partial charge in [0.25, 0.3) is 5.91 Å². The van der Waals surface area contributed by atoms with Gasteiger partial charge in [-0.1, -0.05) is 24.3 Å². The highest BCUT2D eigenvalue weighted by molar-refractivity contribution is 6.22. The van der Waals surface area contributed by atoms with Crippen LogP contribution in [0.3, 0.4) is 0 Å². The number of benzene rings is 2. The third kappa shape index (κ3) is 4.16. The fourth-order valence-electron chi connectivity index (χ4n) is 4.78. The molecular formula is C27H23F2N3O3. The average molecular weight is 475 g/mol. The number of hydrogen-bond acceptors (Lipinski definition) is 5. The summed E-state index contributed by atoms with van der Waals surface area (Å²) in [4.78, 5) is 31.7. The van der Waals surface area contributed by atoms with Crippen LogP contribution in [0.25, 0.3) is 5.57 Å². The summed E-state index contributed by atoms with van der Waals surface area (Å²) in [5.74, 6) is -1.99. The SMILES string of the molecule is CC1=C(C(=O)N[C@H](c2cccc(F)c2)C2CCC2=O)c2cccc(F)c2CN1c1ccc(O)nc1. The maximum absolute atomic E-state index is 14.9.